The number of anilines is 1. The zero-order chi connectivity index (χ0) is 22.9. The lowest BCUT2D eigenvalue weighted by Crippen LogP contribution is -2.47. The zero-order valence-electron chi connectivity index (χ0n) is 18.4. The first-order chi connectivity index (χ1) is 15.4. The van der Waals surface area contributed by atoms with Crippen LogP contribution in [0.1, 0.15) is 16.7 Å². The highest BCUT2D eigenvalue weighted by Gasteiger charge is 2.15. The number of carbonyl (C=O) groups excluding carboxylic acids is 2. The molecule has 32 heavy (non-hydrogen) atoms. The fourth-order valence-electron chi connectivity index (χ4n) is 3.21. The van der Waals surface area contributed by atoms with E-state index in [9.17, 15) is 9.59 Å². The van der Waals surface area contributed by atoms with Gasteiger partial charge >= 0.3 is 0 Å². The molecule has 1 aromatic carbocycles. The topological polar surface area (TPSA) is 89.9 Å². The lowest BCUT2D eigenvalue weighted by molar-refractivity contribution is -0.124. The molecule has 0 unspecified atom stereocenters. The summed E-state index contributed by atoms with van der Waals surface area (Å²) in [5, 5.41) is 11.6. The number of hydrogen-bond donors (Lipinski definition) is 2. The van der Waals surface area contributed by atoms with E-state index in [2.05, 4.69) is 32.2 Å². The van der Waals surface area contributed by atoms with Gasteiger partial charge in [-0.05, 0) is 41.0 Å². The summed E-state index contributed by atoms with van der Waals surface area (Å²) in [6, 6.07) is 9.48. The number of nitrogens with one attached hydrogen (secondary N) is 2. The van der Waals surface area contributed by atoms with Crippen LogP contribution in [0, 0.1) is 0 Å². The van der Waals surface area contributed by atoms with Crippen molar-refractivity contribution >= 4 is 35.4 Å². The number of nitrogens with zero attached hydrogens (tertiary/aromatic N) is 4. The van der Waals surface area contributed by atoms with Crippen molar-refractivity contribution in [3.05, 3.63) is 72.1 Å². The van der Waals surface area contributed by atoms with Crippen LogP contribution in [0.15, 0.2) is 60.5 Å². The van der Waals surface area contributed by atoms with E-state index >= 15 is 0 Å². The summed E-state index contributed by atoms with van der Waals surface area (Å²) < 4.78 is 0. The molecule has 2 heterocycles. The van der Waals surface area contributed by atoms with Crippen molar-refractivity contribution in [3.63, 3.8) is 0 Å². The first kappa shape index (κ1) is 22.9. The van der Waals surface area contributed by atoms with Crippen molar-refractivity contribution in [2.75, 3.05) is 39.0 Å². The molecule has 1 fully saturated rings. The van der Waals surface area contributed by atoms with E-state index in [4.69, 9.17) is 0 Å². The molecule has 0 saturated carbocycles. The van der Waals surface area contributed by atoms with Gasteiger partial charge in [0, 0.05) is 63.5 Å². The van der Waals surface area contributed by atoms with Gasteiger partial charge in [0.25, 0.3) is 0 Å². The van der Waals surface area contributed by atoms with Gasteiger partial charge in [-0.3, -0.25) is 19.5 Å². The van der Waals surface area contributed by atoms with E-state index in [1.807, 2.05) is 44.4 Å². The number of hydrazone groups is 1. The van der Waals surface area contributed by atoms with E-state index in [1.54, 1.807) is 29.7 Å². The molecule has 1 aliphatic rings. The van der Waals surface area contributed by atoms with Crippen LogP contribution in [0.5, 0.6) is 0 Å². The van der Waals surface area contributed by atoms with Gasteiger partial charge in [-0.25, -0.2) is 0 Å². The van der Waals surface area contributed by atoms with Gasteiger partial charge in [-0.15, -0.1) is 0 Å². The number of hydrogen-bond acceptors (Lipinski definition) is 6. The van der Waals surface area contributed by atoms with E-state index < -0.39 is 0 Å². The van der Waals surface area contributed by atoms with Gasteiger partial charge in [-0.1, -0.05) is 18.7 Å². The van der Waals surface area contributed by atoms with Crippen LogP contribution < -0.4 is 10.6 Å². The second kappa shape index (κ2) is 11.0. The quantitative estimate of drug-likeness (QED) is 0.379. The molecule has 1 aromatic heterocycles. The Bertz CT molecular complexity index is 1030. The van der Waals surface area contributed by atoms with E-state index in [1.165, 1.54) is 6.08 Å². The maximum atomic E-state index is 12.4. The molecule has 0 atom stereocenters. The Hall–Kier alpha value is -3.78. The Morgan fingerprint density at radius 2 is 2.09 bits per heavy atom. The third-order valence-corrected chi connectivity index (χ3v) is 4.80. The maximum Gasteiger partial charge on any atom is 0.248 e. The van der Waals surface area contributed by atoms with Crippen molar-refractivity contribution in [1.29, 1.82) is 0 Å². The Morgan fingerprint density at radius 1 is 1.31 bits per heavy atom. The Kier molecular flexibility index (Phi) is 7.88. The number of piperazine rings is 1. The van der Waals surface area contributed by atoms with Crippen LogP contribution in [0.4, 0.5) is 5.69 Å². The summed E-state index contributed by atoms with van der Waals surface area (Å²) in [4.78, 5) is 30.1. The molecule has 2 aromatic rings. The van der Waals surface area contributed by atoms with Crippen LogP contribution >= 0.6 is 0 Å². The summed E-state index contributed by atoms with van der Waals surface area (Å²) in [5.41, 5.74) is 4.15. The molecular formula is C24H28N6O2. The average molecular weight is 433 g/mol. The molecule has 3 rings (SSSR count). The second-order valence-corrected chi connectivity index (χ2v) is 7.66. The van der Waals surface area contributed by atoms with Crippen molar-refractivity contribution in [2.24, 2.45) is 5.10 Å². The van der Waals surface area contributed by atoms with Crippen LogP contribution in [-0.2, 0) is 16.1 Å². The van der Waals surface area contributed by atoms with Gasteiger partial charge in [-0.2, -0.15) is 5.10 Å². The third kappa shape index (κ3) is 6.88. The highest BCUT2D eigenvalue weighted by molar-refractivity contribution is 6.10. The highest BCUT2D eigenvalue weighted by atomic mass is 16.2. The lowest BCUT2D eigenvalue weighted by Gasteiger charge is -2.26. The van der Waals surface area contributed by atoms with Gasteiger partial charge in [0.1, 0.15) is 0 Å². The smallest absolute Gasteiger partial charge is 0.248 e. The number of amides is 2. The van der Waals surface area contributed by atoms with Gasteiger partial charge in [0.2, 0.25) is 11.8 Å². The molecule has 0 spiro atoms. The largest absolute Gasteiger partial charge is 0.354 e. The van der Waals surface area contributed by atoms with Crippen molar-refractivity contribution in [1.82, 2.24) is 20.2 Å². The Balaban J connectivity index is 1.59. The highest BCUT2D eigenvalue weighted by Crippen LogP contribution is 2.17. The molecule has 0 bridgehead atoms. The molecule has 8 heteroatoms. The van der Waals surface area contributed by atoms with Crippen LogP contribution in [0.25, 0.3) is 11.6 Å². The number of allylic oxidation sites excluding steroid dienone is 1. The second-order valence-electron chi connectivity index (χ2n) is 7.66. The number of rotatable bonds is 8. The minimum atomic E-state index is -0.243. The van der Waals surface area contributed by atoms with E-state index in [-0.39, 0.29) is 11.8 Å². The Morgan fingerprint density at radius 3 is 2.81 bits per heavy atom. The molecule has 1 aliphatic heterocycles. The molecule has 2 amide bonds. The molecule has 8 nitrogen and oxygen atoms in total. The third-order valence-electron chi connectivity index (χ3n) is 4.80. The maximum absolute atomic E-state index is 12.4. The van der Waals surface area contributed by atoms with Crippen molar-refractivity contribution < 1.29 is 9.59 Å². The van der Waals surface area contributed by atoms with Gasteiger partial charge < -0.3 is 15.6 Å². The summed E-state index contributed by atoms with van der Waals surface area (Å²) in [6.07, 6.45) is 8.21. The van der Waals surface area contributed by atoms with E-state index in [0.717, 1.165) is 28.8 Å². The minimum absolute atomic E-state index is 0.0530. The summed E-state index contributed by atoms with van der Waals surface area (Å²) in [6.45, 7) is 6.66. The molecule has 166 valence electrons. The van der Waals surface area contributed by atoms with E-state index in [0.29, 0.717) is 25.3 Å². The minimum Gasteiger partial charge on any atom is -0.354 e. The van der Waals surface area contributed by atoms with Gasteiger partial charge in [0.15, 0.2) is 0 Å². The molecule has 0 radical (unpaired) electrons. The molecule has 0 aliphatic carbocycles. The average Bonchev–Trinajstić information content (AvgIpc) is 2.77. The SMILES string of the molecule is C=C(/C=N\N(C)C)c1ccncc1/C=C/C(=O)Nc1ccc(CN2CCNC(=O)C2)cc1. The summed E-state index contributed by atoms with van der Waals surface area (Å²) in [5.74, 6) is -0.190. The van der Waals surface area contributed by atoms with Crippen molar-refractivity contribution in [2.45, 2.75) is 6.54 Å². The molecule has 1 saturated heterocycles. The van der Waals surface area contributed by atoms with Crippen LogP contribution in [-0.4, -0.2) is 66.7 Å². The summed E-state index contributed by atoms with van der Waals surface area (Å²) >= 11 is 0. The fourth-order valence-corrected chi connectivity index (χ4v) is 3.21. The van der Waals surface area contributed by atoms with Crippen LogP contribution in [0.2, 0.25) is 0 Å². The molecular weight excluding hydrogens is 404 g/mol. The normalized spacial score (nSPS) is 14.5. The Labute approximate surface area is 188 Å². The zero-order valence-corrected chi connectivity index (χ0v) is 18.4. The predicted octanol–water partition coefficient (Wildman–Crippen LogP) is 2.23. The monoisotopic (exact) mass is 432 g/mol. The number of carbonyl (C=O) groups is 2. The standard InChI is InChI=1S/C24H28N6O2/c1-18(14-27-29(2)3)22-10-11-25-15-20(22)6-9-23(31)28-21-7-4-19(5-8-21)16-30-13-12-26-24(32)17-30/h4-11,14-15H,1,12-13,16-17H2,2-3H3,(H,26,32)(H,28,31)/b9-6+,27-14-. The first-order valence-corrected chi connectivity index (χ1v) is 10.3. The fraction of sp³-hybridized carbons (Fsp3) is 0.250. The lowest BCUT2D eigenvalue weighted by atomic mass is 10.0. The summed E-state index contributed by atoms with van der Waals surface area (Å²) in [7, 11) is 3.67. The van der Waals surface area contributed by atoms with Crippen LogP contribution in [0.3, 0.4) is 0 Å². The first-order valence-electron chi connectivity index (χ1n) is 10.3. The molecule has 2 N–H and O–H groups in total. The van der Waals surface area contributed by atoms with Crippen molar-refractivity contribution in [3.8, 4) is 0 Å². The predicted molar refractivity (Wildman–Crippen MR) is 128 cm³/mol. The number of aromatic nitrogens is 1. The number of benzene rings is 1. The number of pyridine rings is 1. The van der Waals surface area contributed by atoms with Gasteiger partial charge in [0.05, 0.1) is 12.8 Å².